The number of nitrogens with zero attached hydrogens (tertiary/aromatic N) is 9. The average molecular weight is 1430 g/mol. The van der Waals surface area contributed by atoms with Crippen LogP contribution < -0.4 is 0 Å². The number of furan rings is 2. The van der Waals surface area contributed by atoms with Crippen LogP contribution in [-0.4, -0.2) is 44.0 Å². The van der Waals surface area contributed by atoms with Gasteiger partial charge < -0.3 is 18.0 Å². The molecule has 0 atom stereocenters. The largest absolute Gasteiger partial charge is 0.453 e. The first-order chi connectivity index (χ1) is 55.5. The molecule has 0 saturated carbocycles. The van der Waals surface area contributed by atoms with E-state index in [0.29, 0.717) is 23.3 Å². The molecule has 8 aromatic heterocycles. The molecule has 14 aromatic carbocycles. The van der Waals surface area contributed by atoms with Gasteiger partial charge in [-0.2, -0.15) is 0 Å². The summed E-state index contributed by atoms with van der Waals surface area (Å²) in [5, 5.41) is 6.09. The van der Waals surface area contributed by atoms with Crippen LogP contribution in [0.25, 0.3) is 212 Å². The number of hydrogen-bond donors (Lipinski definition) is 0. The minimum absolute atomic E-state index is 0.616. The Hall–Kier alpha value is -15.3. The first-order valence-corrected chi connectivity index (χ1v) is 37.4. The average Bonchev–Trinajstić information content (AvgIpc) is 1.55. The Bertz CT molecular complexity index is 7210. The van der Waals surface area contributed by atoms with E-state index in [4.69, 9.17) is 43.7 Å². The van der Waals surface area contributed by atoms with Crippen LogP contribution in [0.4, 0.5) is 0 Å². The lowest BCUT2D eigenvalue weighted by atomic mass is 9.94. The maximum atomic E-state index is 6.96. The zero-order valence-corrected chi connectivity index (χ0v) is 60.2. The van der Waals surface area contributed by atoms with Gasteiger partial charge in [0, 0.05) is 77.4 Å². The second-order valence-corrected chi connectivity index (χ2v) is 27.8. The molecule has 0 N–H and O–H groups in total. The zero-order chi connectivity index (χ0) is 74.0. The van der Waals surface area contributed by atoms with E-state index in [0.717, 1.165) is 189 Å². The van der Waals surface area contributed by atoms with E-state index >= 15 is 0 Å². The summed E-state index contributed by atoms with van der Waals surface area (Å²) in [6.45, 7) is 0. The Balaban J connectivity index is 0.000000141. The fourth-order valence-electron chi connectivity index (χ4n) is 15.8. The van der Waals surface area contributed by atoms with Crippen LogP contribution in [0.3, 0.4) is 0 Å². The lowest BCUT2D eigenvalue weighted by molar-refractivity contribution is 0.676. The summed E-state index contributed by atoms with van der Waals surface area (Å²) >= 11 is 0. The van der Waals surface area contributed by atoms with Crippen LogP contribution in [0, 0.1) is 0 Å². The molecule has 0 amide bonds. The molecule has 0 aliphatic heterocycles. The van der Waals surface area contributed by atoms with Gasteiger partial charge in [-0.05, 0) is 107 Å². The predicted molar refractivity (Wildman–Crippen MR) is 455 cm³/mol. The molecule has 0 radical (unpaired) electrons. The highest BCUT2D eigenvalue weighted by Gasteiger charge is 2.28. The number of rotatable bonds is 12. The minimum Gasteiger partial charge on any atom is -0.453 e. The third kappa shape index (κ3) is 11.4. The number of para-hydroxylation sites is 6. The first kappa shape index (κ1) is 65.0. The Morgan fingerprint density at radius 1 is 0.205 bits per heavy atom. The van der Waals surface area contributed by atoms with Gasteiger partial charge in [-0.25, -0.2) is 34.9 Å². The molecule has 0 aliphatic rings. The van der Waals surface area contributed by atoms with Crippen molar-refractivity contribution in [2.24, 2.45) is 0 Å². The van der Waals surface area contributed by atoms with Crippen LogP contribution in [-0.2, 0) is 0 Å². The second kappa shape index (κ2) is 27.5. The van der Waals surface area contributed by atoms with Gasteiger partial charge in [-0.3, -0.25) is 0 Å². The summed E-state index contributed by atoms with van der Waals surface area (Å²) in [4.78, 5) is 35.6. The van der Waals surface area contributed by atoms with Crippen molar-refractivity contribution in [2.75, 3.05) is 0 Å². The standard InChI is InChI=1S/C51H32N4O.C50H31N5O/c1-4-15-34(16-5-1)43-32-44(54-51(53-43)36-17-6-2-7-18-36)35-29-27-33(28-30-35)37-19-14-20-38(31-37)47-46-48-50(56-49(46)40-23-10-12-25-42(40)52-47)41-24-11-13-26-45(41)55(48)39-21-8-3-9-22-39;1-4-16-33(17-5-1)48-52-49(34-18-6-2-7-19-34)54-50(53-48)35-30-28-32(29-31-35)37-22-10-11-23-38(37)44-43-45-47(56-46(43)39-24-12-14-26-41(39)51-44)40-25-13-15-27-42(40)55(45)36-20-8-3-9-21-36/h1-32H;1-31H. The highest BCUT2D eigenvalue weighted by Crippen LogP contribution is 2.48. The molecular formula is C101H63N9O2. The van der Waals surface area contributed by atoms with Crippen molar-refractivity contribution in [1.29, 1.82) is 0 Å². The molecular weight excluding hydrogens is 1370 g/mol. The van der Waals surface area contributed by atoms with E-state index in [-0.39, 0.29) is 0 Å². The molecule has 11 heteroatoms. The van der Waals surface area contributed by atoms with Gasteiger partial charge in [0.25, 0.3) is 0 Å². The third-order valence-corrected chi connectivity index (χ3v) is 21.1. The third-order valence-electron chi connectivity index (χ3n) is 21.1. The SMILES string of the molecule is c1ccc(-c2cc(-c3ccc(-c4cccc(-c5nc6ccccc6c6oc7c8ccccc8n(-c8ccccc8)c7c56)c4)cc3)nc(-c3ccccc3)n2)cc1.c1ccc(-c2nc(-c3ccccc3)nc(-c3ccc(-c4ccccc4-c4nc5ccccc5c5oc6c7ccccc7n(-c7ccccc7)c6c45)cc3)n2)cc1. The van der Waals surface area contributed by atoms with Crippen molar-refractivity contribution in [2.45, 2.75) is 0 Å². The summed E-state index contributed by atoms with van der Waals surface area (Å²) in [5.41, 5.74) is 27.2. The smallest absolute Gasteiger partial charge is 0.164 e. The molecule has 22 rings (SSSR count). The van der Waals surface area contributed by atoms with Crippen molar-refractivity contribution in [3.8, 4) is 124 Å². The molecule has 0 fully saturated rings. The van der Waals surface area contributed by atoms with Crippen LogP contribution in [0.15, 0.2) is 391 Å². The van der Waals surface area contributed by atoms with Crippen LogP contribution in [0.2, 0.25) is 0 Å². The number of hydrogen-bond acceptors (Lipinski definition) is 9. The van der Waals surface area contributed by atoms with Gasteiger partial charge in [0.1, 0.15) is 22.2 Å². The molecule has 0 bridgehead atoms. The summed E-state index contributed by atoms with van der Waals surface area (Å²) in [7, 11) is 0. The lowest BCUT2D eigenvalue weighted by Gasteiger charge is -2.14. The highest BCUT2D eigenvalue weighted by molar-refractivity contribution is 6.26. The lowest BCUT2D eigenvalue weighted by Crippen LogP contribution is -2.00. The Morgan fingerprint density at radius 3 is 1.04 bits per heavy atom. The van der Waals surface area contributed by atoms with E-state index in [9.17, 15) is 0 Å². The van der Waals surface area contributed by atoms with Crippen LogP contribution in [0.5, 0.6) is 0 Å². The number of pyridine rings is 2. The minimum atomic E-state index is 0.616. The van der Waals surface area contributed by atoms with Crippen LogP contribution >= 0.6 is 0 Å². The summed E-state index contributed by atoms with van der Waals surface area (Å²) in [5.74, 6) is 2.58. The molecule has 112 heavy (non-hydrogen) atoms. The fraction of sp³-hybridized carbons (Fsp3) is 0. The molecule has 11 nitrogen and oxygen atoms in total. The maximum absolute atomic E-state index is 6.96. The van der Waals surface area contributed by atoms with Crippen molar-refractivity contribution in [1.82, 2.24) is 44.0 Å². The van der Waals surface area contributed by atoms with Crippen molar-refractivity contribution in [3.63, 3.8) is 0 Å². The quantitative estimate of drug-likeness (QED) is 0.117. The normalized spacial score (nSPS) is 11.6. The van der Waals surface area contributed by atoms with Crippen LogP contribution in [0.1, 0.15) is 0 Å². The van der Waals surface area contributed by atoms with Crippen molar-refractivity contribution < 1.29 is 8.83 Å². The van der Waals surface area contributed by atoms with Gasteiger partial charge in [0.15, 0.2) is 34.5 Å². The van der Waals surface area contributed by atoms with Crippen molar-refractivity contribution in [3.05, 3.63) is 382 Å². The molecule has 524 valence electrons. The molecule has 0 unspecified atom stereocenters. The van der Waals surface area contributed by atoms with Gasteiger partial charge in [0.05, 0.1) is 55.6 Å². The predicted octanol–water partition coefficient (Wildman–Crippen LogP) is 25.8. The molecule has 22 aromatic rings. The van der Waals surface area contributed by atoms with E-state index in [1.165, 1.54) is 0 Å². The molecule has 8 heterocycles. The van der Waals surface area contributed by atoms with E-state index < -0.39 is 0 Å². The fourth-order valence-corrected chi connectivity index (χ4v) is 15.8. The first-order valence-electron chi connectivity index (χ1n) is 37.4. The zero-order valence-electron chi connectivity index (χ0n) is 60.2. The summed E-state index contributed by atoms with van der Waals surface area (Å²) in [6, 6.07) is 131. The number of fused-ring (bicyclic) bond motifs is 14. The molecule has 0 saturated heterocycles. The summed E-state index contributed by atoms with van der Waals surface area (Å²) in [6.07, 6.45) is 0. The Kier molecular flexibility index (Phi) is 15.9. The number of benzene rings is 14. The maximum Gasteiger partial charge on any atom is 0.164 e. The van der Waals surface area contributed by atoms with Gasteiger partial charge in [0.2, 0.25) is 0 Å². The Labute approximate surface area is 643 Å². The van der Waals surface area contributed by atoms with E-state index in [1.807, 2.05) is 121 Å². The number of aromatic nitrogens is 9. The Morgan fingerprint density at radius 2 is 0.545 bits per heavy atom. The van der Waals surface area contributed by atoms with Gasteiger partial charge in [-0.1, -0.05) is 297 Å². The van der Waals surface area contributed by atoms with Gasteiger partial charge >= 0.3 is 0 Å². The van der Waals surface area contributed by atoms with Gasteiger partial charge in [-0.15, -0.1) is 0 Å². The van der Waals surface area contributed by atoms with E-state index in [1.54, 1.807) is 0 Å². The van der Waals surface area contributed by atoms with Crippen molar-refractivity contribution >= 4 is 87.7 Å². The highest BCUT2D eigenvalue weighted by atomic mass is 16.3. The molecule has 0 spiro atoms. The second-order valence-electron chi connectivity index (χ2n) is 27.8. The molecule has 0 aliphatic carbocycles. The summed E-state index contributed by atoms with van der Waals surface area (Å²) < 4.78 is 18.5. The topological polar surface area (TPSA) is 126 Å². The monoisotopic (exact) mass is 1430 g/mol. The van der Waals surface area contributed by atoms with E-state index in [2.05, 4.69) is 270 Å².